The van der Waals surface area contributed by atoms with Crippen LogP contribution in [0.5, 0.6) is 0 Å². The number of rotatable bonds is 4. The highest BCUT2D eigenvalue weighted by Crippen LogP contribution is 2.39. The van der Waals surface area contributed by atoms with Crippen LogP contribution in [0.15, 0.2) is 4.47 Å². The Morgan fingerprint density at radius 1 is 1.26 bits per heavy atom. The Bertz CT molecular complexity index is 447. The molecule has 1 heterocycles. The first-order valence-corrected chi connectivity index (χ1v) is 7.97. The molecule has 0 aromatic carbocycles. The van der Waals surface area contributed by atoms with Gasteiger partial charge in [0.25, 0.3) is 0 Å². The van der Waals surface area contributed by atoms with Crippen molar-refractivity contribution in [2.24, 2.45) is 5.92 Å². The van der Waals surface area contributed by atoms with Gasteiger partial charge < -0.3 is 4.74 Å². The number of hydrogen-bond acceptors (Lipinski definition) is 3. The molecule has 1 atom stereocenters. The maximum Gasteiger partial charge on any atom is 0.159 e. The zero-order valence-electron chi connectivity index (χ0n) is 11.6. The molecule has 0 bridgehead atoms. The van der Waals surface area contributed by atoms with Gasteiger partial charge in [-0.25, -0.2) is 9.97 Å². The number of ether oxygens (including phenoxy) is 1. The van der Waals surface area contributed by atoms with E-state index in [0.717, 1.165) is 10.2 Å². The smallest absolute Gasteiger partial charge is 0.159 e. The maximum absolute atomic E-state index is 6.25. The summed E-state index contributed by atoms with van der Waals surface area (Å²) in [5.41, 5.74) is 1.05. The number of halogens is 2. The molecule has 1 aromatic rings. The number of nitrogens with zero attached hydrogens (tertiary/aromatic N) is 2. The van der Waals surface area contributed by atoms with E-state index < -0.39 is 0 Å². The van der Waals surface area contributed by atoms with E-state index in [-0.39, 0.29) is 6.10 Å². The molecule has 1 unspecified atom stereocenters. The third kappa shape index (κ3) is 3.29. The summed E-state index contributed by atoms with van der Waals surface area (Å²) in [6.07, 6.45) is 4.80. The Labute approximate surface area is 128 Å². The van der Waals surface area contributed by atoms with Crippen LogP contribution >= 0.6 is 27.5 Å². The van der Waals surface area contributed by atoms with Gasteiger partial charge in [-0.05, 0) is 34.7 Å². The summed E-state index contributed by atoms with van der Waals surface area (Å²) >= 11 is 9.78. The molecule has 3 nitrogen and oxygen atoms in total. The summed E-state index contributed by atoms with van der Waals surface area (Å²) in [5.74, 6) is 1.52. The SMILES string of the molecule is COC(c1nc(Cl)c(Br)c(C2CCCC2)n1)C(C)C. The summed E-state index contributed by atoms with van der Waals surface area (Å²) in [7, 11) is 1.69. The van der Waals surface area contributed by atoms with Gasteiger partial charge in [-0.15, -0.1) is 0 Å². The molecular weight excluding hydrogens is 328 g/mol. The quantitative estimate of drug-likeness (QED) is 0.727. The summed E-state index contributed by atoms with van der Waals surface area (Å²) in [6, 6.07) is 0. The topological polar surface area (TPSA) is 35.0 Å². The van der Waals surface area contributed by atoms with E-state index in [1.165, 1.54) is 25.7 Å². The largest absolute Gasteiger partial charge is 0.373 e. The highest BCUT2D eigenvalue weighted by Gasteiger charge is 2.26. The maximum atomic E-state index is 6.25. The first-order chi connectivity index (χ1) is 9.04. The fourth-order valence-corrected chi connectivity index (χ4v) is 3.41. The predicted octanol–water partition coefficient (Wildman–Crippen LogP) is 4.89. The van der Waals surface area contributed by atoms with Crippen LogP contribution in [-0.2, 0) is 4.74 Å². The summed E-state index contributed by atoms with van der Waals surface area (Å²) < 4.78 is 6.36. The van der Waals surface area contributed by atoms with E-state index >= 15 is 0 Å². The predicted molar refractivity (Wildman–Crippen MR) is 80.5 cm³/mol. The molecule has 0 N–H and O–H groups in total. The number of hydrogen-bond donors (Lipinski definition) is 0. The van der Waals surface area contributed by atoms with Crippen molar-refractivity contribution < 1.29 is 4.74 Å². The van der Waals surface area contributed by atoms with Crippen molar-refractivity contribution in [2.75, 3.05) is 7.11 Å². The molecule has 0 amide bonds. The molecule has 1 fully saturated rings. The Morgan fingerprint density at radius 3 is 2.42 bits per heavy atom. The van der Waals surface area contributed by atoms with Crippen LogP contribution < -0.4 is 0 Å². The van der Waals surface area contributed by atoms with Gasteiger partial charge >= 0.3 is 0 Å². The molecular formula is C14H20BrClN2O. The van der Waals surface area contributed by atoms with Crippen molar-refractivity contribution in [1.29, 1.82) is 0 Å². The van der Waals surface area contributed by atoms with Crippen LogP contribution in [0.4, 0.5) is 0 Å². The molecule has 0 radical (unpaired) electrons. The van der Waals surface area contributed by atoms with Gasteiger partial charge in [-0.3, -0.25) is 0 Å². The molecule has 0 spiro atoms. The van der Waals surface area contributed by atoms with Crippen LogP contribution in [0, 0.1) is 5.92 Å². The van der Waals surface area contributed by atoms with E-state index in [4.69, 9.17) is 21.3 Å². The van der Waals surface area contributed by atoms with Gasteiger partial charge in [-0.1, -0.05) is 38.3 Å². The summed E-state index contributed by atoms with van der Waals surface area (Å²) in [4.78, 5) is 9.12. The van der Waals surface area contributed by atoms with Gasteiger partial charge in [0.05, 0.1) is 10.2 Å². The van der Waals surface area contributed by atoms with Crippen LogP contribution in [-0.4, -0.2) is 17.1 Å². The molecule has 5 heteroatoms. The van der Waals surface area contributed by atoms with E-state index in [9.17, 15) is 0 Å². The molecule has 1 aliphatic rings. The lowest BCUT2D eigenvalue weighted by atomic mass is 10.0. The minimum atomic E-state index is -0.106. The molecule has 1 aromatic heterocycles. The van der Waals surface area contributed by atoms with Crippen molar-refractivity contribution in [3.05, 3.63) is 21.1 Å². The fraction of sp³-hybridized carbons (Fsp3) is 0.714. The Kier molecular flexibility index (Phi) is 5.21. The molecule has 0 aliphatic heterocycles. The van der Waals surface area contributed by atoms with Crippen LogP contribution in [0.1, 0.15) is 63.1 Å². The van der Waals surface area contributed by atoms with Gasteiger partial charge in [-0.2, -0.15) is 0 Å². The van der Waals surface area contributed by atoms with Gasteiger partial charge in [0.1, 0.15) is 11.3 Å². The van der Waals surface area contributed by atoms with Crippen LogP contribution in [0.3, 0.4) is 0 Å². The lowest BCUT2D eigenvalue weighted by molar-refractivity contribution is 0.0572. The van der Waals surface area contributed by atoms with Crippen LogP contribution in [0.2, 0.25) is 5.15 Å². The monoisotopic (exact) mass is 346 g/mol. The van der Waals surface area contributed by atoms with Crippen molar-refractivity contribution in [3.8, 4) is 0 Å². The van der Waals surface area contributed by atoms with Crippen LogP contribution in [0.25, 0.3) is 0 Å². The van der Waals surface area contributed by atoms with E-state index in [1.807, 2.05) is 0 Å². The first-order valence-electron chi connectivity index (χ1n) is 6.80. The van der Waals surface area contributed by atoms with E-state index in [1.54, 1.807) is 7.11 Å². The average molecular weight is 348 g/mol. The second-order valence-corrected chi connectivity index (χ2v) is 6.60. The number of methoxy groups -OCH3 is 1. The Morgan fingerprint density at radius 2 is 1.89 bits per heavy atom. The molecule has 106 valence electrons. The second kappa shape index (κ2) is 6.51. The second-order valence-electron chi connectivity index (χ2n) is 5.45. The summed E-state index contributed by atoms with van der Waals surface area (Å²) in [5, 5.41) is 0.495. The third-order valence-corrected chi connectivity index (χ3v) is 4.99. The molecule has 19 heavy (non-hydrogen) atoms. The minimum Gasteiger partial charge on any atom is -0.373 e. The normalized spacial score (nSPS) is 18.2. The molecule has 1 aliphatic carbocycles. The van der Waals surface area contributed by atoms with Gasteiger partial charge in [0, 0.05) is 13.0 Å². The standard InChI is InChI=1S/C14H20BrClN2O/c1-8(2)12(19-3)14-17-11(9-6-4-5-7-9)10(15)13(16)18-14/h8-9,12H,4-7H2,1-3H3. The van der Waals surface area contributed by atoms with Crippen molar-refractivity contribution in [1.82, 2.24) is 9.97 Å². The Hall–Kier alpha value is -0.190. The van der Waals surface area contributed by atoms with Gasteiger partial charge in [0.15, 0.2) is 5.82 Å². The van der Waals surface area contributed by atoms with Crippen molar-refractivity contribution in [2.45, 2.75) is 51.6 Å². The molecule has 1 saturated carbocycles. The molecule has 2 rings (SSSR count). The van der Waals surface area contributed by atoms with E-state index in [2.05, 4.69) is 34.8 Å². The zero-order valence-corrected chi connectivity index (χ0v) is 14.0. The minimum absolute atomic E-state index is 0.106. The Balaban J connectivity index is 2.40. The number of aromatic nitrogens is 2. The fourth-order valence-electron chi connectivity index (χ4n) is 2.73. The van der Waals surface area contributed by atoms with E-state index in [0.29, 0.717) is 22.8 Å². The zero-order chi connectivity index (χ0) is 14.0. The average Bonchev–Trinajstić information content (AvgIpc) is 2.87. The van der Waals surface area contributed by atoms with Gasteiger partial charge in [0.2, 0.25) is 0 Å². The first kappa shape index (κ1) is 15.2. The lowest BCUT2D eigenvalue weighted by Crippen LogP contribution is -2.15. The highest BCUT2D eigenvalue weighted by atomic mass is 79.9. The summed E-state index contributed by atoms with van der Waals surface area (Å²) in [6.45, 7) is 4.20. The van der Waals surface area contributed by atoms with Crippen molar-refractivity contribution >= 4 is 27.5 Å². The highest BCUT2D eigenvalue weighted by molar-refractivity contribution is 9.10. The lowest BCUT2D eigenvalue weighted by Gasteiger charge is -2.20. The molecule has 0 saturated heterocycles. The third-order valence-electron chi connectivity index (χ3n) is 3.71. The van der Waals surface area contributed by atoms with Crippen molar-refractivity contribution in [3.63, 3.8) is 0 Å².